The van der Waals surface area contributed by atoms with Crippen molar-refractivity contribution in [3.05, 3.63) is 34.4 Å². The first-order chi connectivity index (χ1) is 8.06. The number of halogens is 3. The second-order valence-electron chi connectivity index (χ2n) is 5.22. The molecule has 0 heterocycles. The molecule has 17 heavy (non-hydrogen) atoms. The van der Waals surface area contributed by atoms with Crippen LogP contribution in [0.4, 0.5) is 8.78 Å². The average Bonchev–Trinajstić information content (AvgIpc) is 2.90. The summed E-state index contributed by atoms with van der Waals surface area (Å²) >= 11 is 5.86. The summed E-state index contributed by atoms with van der Waals surface area (Å²) < 4.78 is 26.1. The van der Waals surface area contributed by atoms with Crippen LogP contribution in [-0.2, 0) is 0 Å². The fourth-order valence-corrected chi connectivity index (χ4v) is 3.30. The van der Waals surface area contributed by atoms with Crippen molar-refractivity contribution in [2.24, 2.45) is 17.8 Å². The summed E-state index contributed by atoms with van der Waals surface area (Å²) in [5.74, 6) is -0.314. The molecule has 2 aliphatic rings. The third kappa shape index (κ3) is 1.95. The van der Waals surface area contributed by atoms with Gasteiger partial charge in [-0.05, 0) is 49.1 Å². The fourth-order valence-electron chi connectivity index (χ4n) is 3.04. The van der Waals surface area contributed by atoms with Crippen molar-refractivity contribution in [3.63, 3.8) is 0 Å². The van der Waals surface area contributed by atoms with Gasteiger partial charge in [0.25, 0.3) is 0 Å². The Morgan fingerprint density at radius 1 is 1.12 bits per heavy atom. The number of fused-ring (bicyclic) bond motifs is 1. The topological polar surface area (TPSA) is 20.2 Å². The molecule has 0 spiro atoms. The van der Waals surface area contributed by atoms with Crippen molar-refractivity contribution in [2.45, 2.75) is 25.4 Å². The first kappa shape index (κ1) is 11.4. The number of hydrogen-bond donors (Lipinski definition) is 1. The van der Waals surface area contributed by atoms with Crippen LogP contribution in [0.2, 0.25) is 5.02 Å². The van der Waals surface area contributed by atoms with Crippen LogP contribution in [0.25, 0.3) is 0 Å². The van der Waals surface area contributed by atoms with E-state index < -0.39 is 17.7 Å². The molecule has 3 rings (SSSR count). The average molecular weight is 259 g/mol. The molecule has 2 aliphatic carbocycles. The summed E-state index contributed by atoms with van der Waals surface area (Å²) in [6.45, 7) is 0. The van der Waals surface area contributed by atoms with Crippen LogP contribution < -0.4 is 0 Å². The Balaban J connectivity index is 1.85. The van der Waals surface area contributed by atoms with Crippen LogP contribution in [-0.4, -0.2) is 5.11 Å². The quantitative estimate of drug-likeness (QED) is 0.802. The van der Waals surface area contributed by atoms with Crippen molar-refractivity contribution < 1.29 is 13.9 Å². The first-order valence-corrected chi connectivity index (χ1v) is 6.26. The number of rotatable bonds is 2. The fraction of sp³-hybridized carbons (Fsp3) is 0.538. The van der Waals surface area contributed by atoms with Gasteiger partial charge in [0.05, 0.1) is 6.10 Å². The van der Waals surface area contributed by atoms with Crippen LogP contribution in [0.5, 0.6) is 0 Å². The summed E-state index contributed by atoms with van der Waals surface area (Å²) in [5.41, 5.74) is 0.317. The lowest BCUT2D eigenvalue weighted by Crippen LogP contribution is -2.12. The minimum atomic E-state index is -0.972. The minimum Gasteiger partial charge on any atom is -0.388 e. The van der Waals surface area contributed by atoms with E-state index in [1.807, 2.05) is 0 Å². The zero-order valence-electron chi connectivity index (χ0n) is 9.17. The molecular weight excluding hydrogens is 246 g/mol. The number of aliphatic hydroxyl groups is 1. The highest BCUT2D eigenvalue weighted by Crippen LogP contribution is 2.57. The number of hydrogen-bond acceptors (Lipinski definition) is 1. The molecule has 0 amide bonds. The van der Waals surface area contributed by atoms with Crippen LogP contribution in [0.3, 0.4) is 0 Å². The van der Waals surface area contributed by atoms with E-state index in [0.29, 0.717) is 5.56 Å². The second-order valence-corrected chi connectivity index (χ2v) is 5.63. The molecule has 1 N–H and O–H groups in total. The van der Waals surface area contributed by atoms with Crippen LogP contribution in [0.15, 0.2) is 12.1 Å². The molecule has 3 unspecified atom stereocenters. The molecule has 4 heteroatoms. The van der Waals surface area contributed by atoms with Gasteiger partial charge in [-0.3, -0.25) is 0 Å². The Morgan fingerprint density at radius 2 is 1.71 bits per heavy atom. The van der Waals surface area contributed by atoms with Gasteiger partial charge in [-0.1, -0.05) is 11.6 Å². The molecule has 1 aromatic carbocycles. The highest BCUT2D eigenvalue weighted by Gasteiger charge is 2.48. The van der Waals surface area contributed by atoms with Gasteiger partial charge >= 0.3 is 0 Å². The molecule has 1 nitrogen and oxygen atoms in total. The Labute approximate surface area is 103 Å². The van der Waals surface area contributed by atoms with Gasteiger partial charge in [0.1, 0.15) is 0 Å². The van der Waals surface area contributed by atoms with E-state index >= 15 is 0 Å². The third-order valence-electron chi connectivity index (χ3n) is 4.08. The van der Waals surface area contributed by atoms with Crippen LogP contribution in [0.1, 0.15) is 30.9 Å². The SMILES string of the molecule is OC(c1cc(F)c(F)cc1Cl)C1CC2CC2C1. The molecule has 3 atom stereocenters. The van der Waals surface area contributed by atoms with Gasteiger partial charge in [0.2, 0.25) is 0 Å². The molecule has 2 fully saturated rings. The lowest BCUT2D eigenvalue weighted by Gasteiger charge is -2.21. The summed E-state index contributed by atoms with van der Waals surface area (Å²) in [6.07, 6.45) is 2.43. The van der Waals surface area contributed by atoms with Crippen molar-refractivity contribution in [1.82, 2.24) is 0 Å². The third-order valence-corrected chi connectivity index (χ3v) is 4.41. The highest BCUT2D eigenvalue weighted by molar-refractivity contribution is 6.31. The maximum absolute atomic E-state index is 13.1. The van der Waals surface area contributed by atoms with E-state index in [-0.39, 0.29) is 10.9 Å². The van der Waals surface area contributed by atoms with Crippen molar-refractivity contribution in [1.29, 1.82) is 0 Å². The van der Waals surface area contributed by atoms with Crippen molar-refractivity contribution in [3.8, 4) is 0 Å². The maximum Gasteiger partial charge on any atom is 0.160 e. The van der Waals surface area contributed by atoms with E-state index in [1.165, 1.54) is 6.42 Å². The van der Waals surface area contributed by atoms with E-state index in [0.717, 1.165) is 36.8 Å². The molecular formula is C13H13ClF2O. The summed E-state index contributed by atoms with van der Waals surface area (Å²) in [6, 6.07) is 1.96. The molecule has 0 aromatic heterocycles. The molecule has 2 saturated carbocycles. The summed E-state index contributed by atoms with van der Waals surface area (Å²) in [7, 11) is 0. The summed E-state index contributed by atoms with van der Waals surface area (Å²) in [5, 5.41) is 10.3. The maximum atomic E-state index is 13.1. The van der Waals surface area contributed by atoms with Gasteiger partial charge in [-0.15, -0.1) is 0 Å². The number of aliphatic hydroxyl groups excluding tert-OH is 1. The summed E-state index contributed by atoms with van der Waals surface area (Å²) in [4.78, 5) is 0. The van der Waals surface area contributed by atoms with Crippen LogP contribution >= 0.6 is 11.6 Å². The molecule has 0 aliphatic heterocycles. The lowest BCUT2D eigenvalue weighted by molar-refractivity contribution is 0.104. The van der Waals surface area contributed by atoms with E-state index in [1.54, 1.807) is 0 Å². The van der Waals surface area contributed by atoms with E-state index in [9.17, 15) is 13.9 Å². The lowest BCUT2D eigenvalue weighted by atomic mass is 9.91. The minimum absolute atomic E-state index is 0.108. The Morgan fingerprint density at radius 3 is 2.35 bits per heavy atom. The Kier molecular flexibility index (Phi) is 2.64. The van der Waals surface area contributed by atoms with Gasteiger partial charge in [0, 0.05) is 10.6 Å². The smallest absolute Gasteiger partial charge is 0.160 e. The predicted molar refractivity (Wildman–Crippen MR) is 60.6 cm³/mol. The molecule has 1 aromatic rings. The zero-order chi connectivity index (χ0) is 12.2. The number of benzene rings is 1. The molecule has 0 bridgehead atoms. The van der Waals surface area contributed by atoms with E-state index in [4.69, 9.17) is 11.6 Å². The van der Waals surface area contributed by atoms with E-state index in [2.05, 4.69) is 0 Å². The predicted octanol–water partition coefficient (Wildman–Crippen LogP) is 3.70. The van der Waals surface area contributed by atoms with Gasteiger partial charge in [0.15, 0.2) is 11.6 Å². The first-order valence-electron chi connectivity index (χ1n) is 5.88. The standard InChI is InChI=1S/C13H13ClF2O/c14-10-5-12(16)11(15)4-9(10)13(17)8-2-6-1-7(6)3-8/h4-8,13,17H,1-3H2. The van der Waals surface area contributed by atoms with Gasteiger partial charge in [-0.2, -0.15) is 0 Å². The van der Waals surface area contributed by atoms with Crippen molar-refractivity contribution >= 4 is 11.6 Å². The van der Waals surface area contributed by atoms with Crippen LogP contribution in [0, 0.1) is 29.4 Å². The Bertz CT molecular complexity index is 453. The Hall–Kier alpha value is -0.670. The largest absolute Gasteiger partial charge is 0.388 e. The highest BCUT2D eigenvalue weighted by atomic mass is 35.5. The molecule has 0 saturated heterocycles. The molecule has 0 radical (unpaired) electrons. The van der Waals surface area contributed by atoms with Gasteiger partial charge < -0.3 is 5.11 Å². The van der Waals surface area contributed by atoms with Gasteiger partial charge in [-0.25, -0.2) is 8.78 Å². The van der Waals surface area contributed by atoms with Crippen molar-refractivity contribution in [2.75, 3.05) is 0 Å². The monoisotopic (exact) mass is 258 g/mol. The normalized spacial score (nSPS) is 32.4. The zero-order valence-corrected chi connectivity index (χ0v) is 9.92. The second kappa shape index (κ2) is 3.92. The molecule has 92 valence electrons.